The lowest BCUT2D eigenvalue weighted by molar-refractivity contribution is -0.141. The molecule has 0 saturated carbocycles. The Morgan fingerprint density at radius 2 is 2.11 bits per heavy atom. The van der Waals surface area contributed by atoms with Gasteiger partial charge in [0.25, 0.3) is 0 Å². The molecule has 1 rings (SSSR count). The molecular formula is C13H17ClN2O3. The molecule has 0 aromatic heterocycles. The number of carbonyl (C=O) groups is 2. The Balaban J connectivity index is 2.59. The molecule has 1 amide bonds. The summed E-state index contributed by atoms with van der Waals surface area (Å²) >= 11 is 5.89. The number of carboxylic acid groups (broad SMARTS) is 1. The standard InChI is InChI=1S/C13H17ClN2O3/c1-8(10-4-3-5-11(14)6-10)15-7-12(13(18)19)16-9(2)17/h3-6,8,12,15H,7H2,1-2H3,(H,16,17)(H,18,19)/t8-,12?/m0/s1. The Labute approximate surface area is 117 Å². The van der Waals surface area contributed by atoms with Crippen molar-refractivity contribution in [2.45, 2.75) is 25.9 Å². The first-order valence-electron chi connectivity index (χ1n) is 5.89. The lowest BCUT2D eigenvalue weighted by Crippen LogP contribution is -2.46. The minimum Gasteiger partial charge on any atom is -0.480 e. The van der Waals surface area contributed by atoms with Gasteiger partial charge >= 0.3 is 5.97 Å². The summed E-state index contributed by atoms with van der Waals surface area (Å²) < 4.78 is 0. The van der Waals surface area contributed by atoms with Crippen LogP contribution in [0.1, 0.15) is 25.5 Å². The van der Waals surface area contributed by atoms with Crippen LogP contribution in [0.4, 0.5) is 0 Å². The number of carbonyl (C=O) groups excluding carboxylic acids is 1. The van der Waals surface area contributed by atoms with Crippen molar-refractivity contribution < 1.29 is 14.7 Å². The highest BCUT2D eigenvalue weighted by atomic mass is 35.5. The van der Waals surface area contributed by atoms with Crippen molar-refractivity contribution in [2.24, 2.45) is 0 Å². The molecule has 1 aromatic rings. The fourth-order valence-corrected chi connectivity index (χ4v) is 1.83. The van der Waals surface area contributed by atoms with Crippen molar-refractivity contribution in [1.82, 2.24) is 10.6 Å². The third kappa shape index (κ3) is 5.28. The topological polar surface area (TPSA) is 78.4 Å². The normalized spacial score (nSPS) is 13.6. The van der Waals surface area contributed by atoms with E-state index in [-0.39, 0.29) is 18.5 Å². The van der Waals surface area contributed by atoms with Crippen molar-refractivity contribution in [3.05, 3.63) is 34.9 Å². The lowest BCUT2D eigenvalue weighted by atomic mass is 10.1. The van der Waals surface area contributed by atoms with Gasteiger partial charge < -0.3 is 15.7 Å². The summed E-state index contributed by atoms with van der Waals surface area (Å²) in [6.07, 6.45) is 0. The van der Waals surface area contributed by atoms with Gasteiger partial charge in [-0.3, -0.25) is 4.79 Å². The first-order chi connectivity index (χ1) is 8.90. The summed E-state index contributed by atoms with van der Waals surface area (Å²) in [5.74, 6) is -1.44. The molecule has 2 atom stereocenters. The predicted molar refractivity (Wildman–Crippen MR) is 73.1 cm³/mol. The second-order valence-corrected chi connectivity index (χ2v) is 4.71. The van der Waals surface area contributed by atoms with Gasteiger partial charge in [-0.15, -0.1) is 0 Å². The number of hydrogen-bond donors (Lipinski definition) is 3. The molecule has 0 spiro atoms. The molecule has 104 valence electrons. The molecule has 1 aromatic carbocycles. The monoisotopic (exact) mass is 284 g/mol. The fraction of sp³-hybridized carbons (Fsp3) is 0.385. The van der Waals surface area contributed by atoms with Crippen LogP contribution in [0.25, 0.3) is 0 Å². The van der Waals surface area contributed by atoms with E-state index < -0.39 is 12.0 Å². The highest BCUT2D eigenvalue weighted by Gasteiger charge is 2.19. The van der Waals surface area contributed by atoms with Gasteiger partial charge in [0.15, 0.2) is 0 Å². The molecule has 0 fully saturated rings. The van der Waals surface area contributed by atoms with Crippen LogP contribution in [0.5, 0.6) is 0 Å². The van der Waals surface area contributed by atoms with Gasteiger partial charge in [-0.25, -0.2) is 4.79 Å². The van der Waals surface area contributed by atoms with Crippen LogP contribution >= 0.6 is 11.6 Å². The Bertz CT molecular complexity index is 465. The molecule has 1 unspecified atom stereocenters. The maximum Gasteiger partial charge on any atom is 0.327 e. The van der Waals surface area contributed by atoms with Crippen molar-refractivity contribution in [3.8, 4) is 0 Å². The molecule has 0 aliphatic carbocycles. The highest BCUT2D eigenvalue weighted by Crippen LogP contribution is 2.17. The quantitative estimate of drug-likeness (QED) is 0.741. The Hall–Kier alpha value is -1.59. The van der Waals surface area contributed by atoms with Gasteiger partial charge in [0.2, 0.25) is 5.91 Å². The number of benzene rings is 1. The molecule has 0 aliphatic heterocycles. The van der Waals surface area contributed by atoms with Crippen LogP contribution in [-0.4, -0.2) is 29.6 Å². The number of rotatable bonds is 6. The third-order valence-corrected chi connectivity index (χ3v) is 2.89. The van der Waals surface area contributed by atoms with Gasteiger partial charge in [0.05, 0.1) is 0 Å². The number of carboxylic acids is 1. The van der Waals surface area contributed by atoms with Crippen LogP contribution in [-0.2, 0) is 9.59 Å². The Morgan fingerprint density at radius 3 is 2.63 bits per heavy atom. The maximum absolute atomic E-state index is 11.0. The van der Waals surface area contributed by atoms with Crippen molar-refractivity contribution >= 4 is 23.5 Å². The summed E-state index contributed by atoms with van der Waals surface area (Å²) in [6, 6.07) is 6.31. The summed E-state index contributed by atoms with van der Waals surface area (Å²) in [6.45, 7) is 3.33. The second-order valence-electron chi connectivity index (χ2n) is 4.28. The van der Waals surface area contributed by atoms with E-state index in [1.807, 2.05) is 25.1 Å². The van der Waals surface area contributed by atoms with Crippen molar-refractivity contribution in [3.63, 3.8) is 0 Å². The number of halogens is 1. The summed E-state index contributed by atoms with van der Waals surface area (Å²) in [7, 11) is 0. The molecule has 0 bridgehead atoms. The Morgan fingerprint density at radius 1 is 1.42 bits per heavy atom. The lowest BCUT2D eigenvalue weighted by Gasteiger charge is -2.19. The number of hydrogen-bond acceptors (Lipinski definition) is 3. The molecular weight excluding hydrogens is 268 g/mol. The van der Waals surface area contributed by atoms with Crippen LogP contribution in [0.3, 0.4) is 0 Å². The number of aliphatic carboxylic acids is 1. The van der Waals surface area contributed by atoms with Crippen LogP contribution in [0.15, 0.2) is 24.3 Å². The van der Waals surface area contributed by atoms with Crippen LogP contribution in [0.2, 0.25) is 5.02 Å². The number of nitrogens with one attached hydrogen (secondary N) is 2. The maximum atomic E-state index is 11.0. The van der Waals surface area contributed by atoms with Gasteiger partial charge in [0, 0.05) is 24.5 Å². The molecule has 19 heavy (non-hydrogen) atoms. The van der Waals surface area contributed by atoms with E-state index in [2.05, 4.69) is 10.6 Å². The molecule has 6 heteroatoms. The van der Waals surface area contributed by atoms with Crippen LogP contribution < -0.4 is 10.6 Å². The van der Waals surface area contributed by atoms with E-state index in [1.54, 1.807) is 6.07 Å². The average molecular weight is 285 g/mol. The molecule has 0 aliphatic rings. The molecule has 3 N–H and O–H groups in total. The van der Waals surface area contributed by atoms with Gasteiger partial charge in [0.1, 0.15) is 6.04 Å². The average Bonchev–Trinajstić information content (AvgIpc) is 2.33. The largest absolute Gasteiger partial charge is 0.480 e. The first-order valence-corrected chi connectivity index (χ1v) is 6.26. The summed E-state index contributed by atoms with van der Waals surface area (Å²) in [5, 5.41) is 15.0. The van der Waals surface area contributed by atoms with Gasteiger partial charge in [-0.1, -0.05) is 23.7 Å². The van der Waals surface area contributed by atoms with Gasteiger partial charge in [-0.05, 0) is 24.6 Å². The minimum atomic E-state index is -1.07. The molecule has 0 heterocycles. The van der Waals surface area contributed by atoms with E-state index >= 15 is 0 Å². The molecule has 0 radical (unpaired) electrons. The van der Waals surface area contributed by atoms with Crippen molar-refractivity contribution in [1.29, 1.82) is 0 Å². The van der Waals surface area contributed by atoms with E-state index in [1.165, 1.54) is 6.92 Å². The summed E-state index contributed by atoms with van der Waals surface area (Å²) in [5.41, 5.74) is 0.958. The predicted octanol–water partition coefficient (Wildman–Crippen LogP) is 1.58. The highest BCUT2D eigenvalue weighted by molar-refractivity contribution is 6.30. The smallest absolute Gasteiger partial charge is 0.327 e. The summed E-state index contributed by atoms with van der Waals surface area (Å²) in [4.78, 5) is 21.9. The first kappa shape index (κ1) is 15.5. The minimum absolute atomic E-state index is 0.0608. The SMILES string of the molecule is CC(=O)NC(CN[C@@H](C)c1cccc(Cl)c1)C(=O)O. The number of amides is 1. The van der Waals surface area contributed by atoms with E-state index in [4.69, 9.17) is 16.7 Å². The molecule has 5 nitrogen and oxygen atoms in total. The zero-order valence-electron chi connectivity index (χ0n) is 10.8. The van der Waals surface area contributed by atoms with E-state index in [9.17, 15) is 9.59 Å². The fourth-order valence-electron chi connectivity index (χ4n) is 1.63. The zero-order valence-corrected chi connectivity index (χ0v) is 11.6. The van der Waals surface area contributed by atoms with E-state index in [0.29, 0.717) is 5.02 Å². The van der Waals surface area contributed by atoms with Gasteiger partial charge in [-0.2, -0.15) is 0 Å². The molecule has 0 saturated heterocycles. The van der Waals surface area contributed by atoms with Crippen LogP contribution in [0, 0.1) is 0 Å². The Kier molecular flexibility index (Phi) is 5.79. The second kappa shape index (κ2) is 7.11. The third-order valence-electron chi connectivity index (χ3n) is 2.65. The van der Waals surface area contributed by atoms with E-state index in [0.717, 1.165) is 5.56 Å². The van der Waals surface area contributed by atoms with Crippen molar-refractivity contribution in [2.75, 3.05) is 6.54 Å². The zero-order chi connectivity index (χ0) is 14.4.